The number of rotatable bonds is 0. The molecule has 0 spiro atoms. The standard InChI is InChI=1S/C10H15FN2/c1-6-7(2)12-8(3)13-5-9(11)4-10(6)13/h7,9H,4-5H2,1-3H3/t7-,9?/m0/s1. The summed E-state index contributed by atoms with van der Waals surface area (Å²) in [6.07, 6.45) is -0.136. The predicted molar refractivity (Wildman–Crippen MR) is 51.5 cm³/mol. The minimum Gasteiger partial charge on any atom is -0.331 e. The molecule has 2 nitrogen and oxygen atoms in total. The molecule has 0 N–H and O–H groups in total. The van der Waals surface area contributed by atoms with Crippen LogP contribution >= 0.6 is 0 Å². The van der Waals surface area contributed by atoms with Crippen molar-refractivity contribution in [3.63, 3.8) is 0 Å². The van der Waals surface area contributed by atoms with Crippen molar-refractivity contribution in [3.05, 3.63) is 11.3 Å². The first-order valence-electron chi connectivity index (χ1n) is 4.75. The summed E-state index contributed by atoms with van der Waals surface area (Å²) in [6.45, 7) is 6.57. The van der Waals surface area contributed by atoms with Gasteiger partial charge in [0.25, 0.3) is 0 Å². The molecule has 2 atom stereocenters. The maximum Gasteiger partial charge on any atom is 0.123 e. The van der Waals surface area contributed by atoms with Crippen molar-refractivity contribution in [1.29, 1.82) is 0 Å². The average Bonchev–Trinajstić information content (AvgIpc) is 2.44. The number of aliphatic imine (C=N–C) groups is 1. The van der Waals surface area contributed by atoms with E-state index < -0.39 is 6.17 Å². The van der Waals surface area contributed by atoms with E-state index in [4.69, 9.17) is 0 Å². The van der Waals surface area contributed by atoms with E-state index in [0.29, 0.717) is 13.0 Å². The van der Waals surface area contributed by atoms with E-state index in [9.17, 15) is 4.39 Å². The first kappa shape index (κ1) is 8.73. The molecule has 0 amide bonds. The van der Waals surface area contributed by atoms with Gasteiger partial charge in [-0.05, 0) is 26.3 Å². The van der Waals surface area contributed by atoms with Gasteiger partial charge in [-0.15, -0.1) is 0 Å². The highest BCUT2D eigenvalue weighted by Gasteiger charge is 2.32. The molecule has 0 radical (unpaired) electrons. The number of amidine groups is 1. The zero-order valence-electron chi connectivity index (χ0n) is 8.34. The molecule has 0 aliphatic carbocycles. The molecular weight excluding hydrogens is 167 g/mol. The largest absolute Gasteiger partial charge is 0.331 e. The van der Waals surface area contributed by atoms with Gasteiger partial charge in [0.2, 0.25) is 0 Å². The monoisotopic (exact) mass is 182 g/mol. The number of nitrogens with zero attached hydrogens (tertiary/aromatic N) is 2. The summed E-state index contributed by atoms with van der Waals surface area (Å²) < 4.78 is 13.2. The van der Waals surface area contributed by atoms with Gasteiger partial charge in [0.05, 0.1) is 12.6 Å². The molecule has 0 aromatic rings. The Labute approximate surface area is 78.1 Å². The summed E-state index contributed by atoms with van der Waals surface area (Å²) >= 11 is 0. The molecule has 2 aliphatic heterocycles. The topological polar surface area (TPSA) is 15.6 Å². The van der Waals surface area contributed by atoms with E-state index >= 15 is 0 Å². The van der Waals surface area contributed by atoms with E-state index in [0.717, 1.165) is 11.5 Å². The summed E-state index contributed by atoms with van der Waals surface area (Å²) in [7, 11) is 0. The summed E-state index contributed by atoms with van der Waals surface area (Å²) in [4.78, 5) is 6.47. The molecule has 1 unspecified atom stereocenters. The van der Waals surface area contributed by atoms with Gasteiger partial charge in [0, 0.05) is 12.1 Å². The molecule has 3 heteroatoms. The summed E-state index contributed by atoms with van der Waals surface area (Å²) in [5.74, 6) is 0.966. The zero-order chi connectivity index (χ0) is 9.59. The lowest BCUT2D eigenvalue weighted by Crippen LogP contribution is -2.31. The minimum atomic E-state index is -0.708. The molecule has 2 rings (SSSR count). The molecule has 0 bridgehead atoms. The van der Waals surface area contributed by atoms with Crippen molar-refractivity contribution >= 4 is 5.84 Å². The van der Waals surface area contributed by atoms with Gasteiger partial charge in [-0.3, -0.25) is 4.99 Å². The van der Waals surface area contributed by atoms with Crippen molar-refractivity contribution in [2.45, 2.75) is 39.4 Å². The summed E-state index contributed by atoms with van der Waals surface area (Å²) in [5.41, 5.74) is 2.39. The van der Waals surface area contributed by atoms with Crippen LogP contribution in [0.1, 0.15) is 27.2 Å². The fourth-order valence-electron chi connectivity index (χ4n) is 2.08. The van der Waals surface area contributed by atoms with Gasteiger partial charge in [-0.25, -0.2) is 4.39 Å². The minimum absolute atomic E-state index is 0.233. The molecule has 0 aromatic carbocycles. The second kappa shape index (κ2) is 2.82. The van der Waals surface area contributed by atoms with Crippen LogP contribution in [-0.2, 0) is 0 Å². The number of fused-ring (bicyclic) bond motifs is 1. The van der Waals surface area contributed by atoms with Crippen molar-refractivity contribution in [2.24, 2.45) is 4.99 Å². The highest BCUT2D eigenvalue weighted by Crippen LogP contribution is 2.32. The van der Waals surface area contributed by atoms with Crippen LogP contribution in [0.15, 0.2) is 16.3 Å². The Kier molecular flexibility index (Phi) is 1.90. The number of hydrogen-bond acceptors (Lipinski definition) is 2. The van der Waals surface area contributed by atoms with E-state index in [-0.39, 0.29) is 6.04 Å². The SMILES string of the molecule is CC1=N[C@@H](C)C(C)=C2CC(F)CN12. The fraction of sp³-hybridized carbons (Fsp3) is 0.700. The normalized spacial score (nSPS) is 33.5. The van der Waals surface area contributed by atoms with E-state index in [2.05, 4.69) is 18.8 Å². The van der Waals surface area contributed by atoms with Crippen molar-refractivity contribution in [3.8, 4) is 0 Å². The molecule has 1 saturated heterocycles. The highest BCUT2D eigenvalue weighted by atomic mass is 19.1. The smallest absolute Gasteiger partial charge is 0.123 e. The fourth-order valence-corrected chi connectivity index (χ4v) is 2.08. The summed E-state index contributed by atoms with van der Waals surface area (Å²) in [6, 6.07) is 0.233. The first-order chi connectivity index (χ1) is 6.09. The Bertz CT molecular complexity index is 293. The van der Waals surface area contributed by atoms with Crippen LogP contribution in [-0.4, -0.2) is 29.5 Å². The molecule has 72 valence electrons. The predicted octanol–water partition coefficient (Wildman–Crippen LogP) is 2.12. The Hall–Kier alpha value is -0.860. The third-order valence-corrected chi connectivity index (χ3v) is 2.97. The van der Waals surface area contributed by atoms with Crippen molar-refractivity contribution < 1.29 is 4.39 Å². The van der Waals surface area contributed by atoms with Crippen molar-refractivity contribution in [2.75, 3.05) is 6.54 Å². The van der Waals surface area contributed by atoms with Gasteiger partial charge < -0.3 is 4.90 Å². The molecule has 1 fully saturated rings. The number of hydrogen-bond donors (Lipinski definition) is 0. The molecule has 13 heavy (non-hydrogen) atoms. The quantitative estimate of drug-likeness (QED) is 0.560. The lowest BCUT2D eigenvalue weighted by atomic mass is 10.1. The van der Waals surface area contributed by atoms with Gasteiger partial charge in [0.1, 0.15) is 12.0 Å². The Morgan fingerprint density at radius 1 is 1.46 bits per heavy atom. The lowest BCUT2D eigenvalue weighted by molar-refractivity contribution is 0.341. The number of alkyl halides is 1. The van der Waals surface area contributed by atoms with Gasteiger partial charge >= 0.3 is 0 Å². The third-order valence-electron chi connectivity index (χ3n) is 2.97. The van der Waals surface area contributed by atoms with Gasteiger partial charge in [0.15, 0.2) is 0 Å². The molecular formula is C10H15FN2. The molecule has 0 saturated carbocycles. The average molecular weight is 182 g/mol. The van der Waals surface area contributed by atoms with Crippen LogP contribution in [0.3, 0.4) is 0 Å². The Morgan fingerprint density at radius 2 is 2.15 bits per heavy atom. The maximum atomic E-state index is 13.2. The number of allylic oxidation sites excluding steroid dienone is 1. The molecule has 2 heterocycles. The summed E-state index contributed by atoms with van der Waals surface area (Å²) in [5, 5.41) is 0. The van der Waals surface area contributed by atoms with E-state index in [1.165, 1.54) is 5.57 Å². The molecule has 2 aliphatic rings. The molecule has 0 aromatic heterocycles. The van der Waals surface area contributed by atoms with Crippen LogP contribution in [0.25, 0.3) is 0 Å². The lowest BCUT2D eigenvalue weighted by Gasteiger charge is -2.28. The first-order valence-corrected chi connectivity index (χ1v) is 4.75. The Balaban J connectivity index is 2.37. The van der Waals surface area contributed by atoms with Gasteiger partial charge in [-0.2, -0.15) is 0 Å². The highest BCUT2D eigenvalue weighted by molar-refractivity contribution is 5.83. The third kappa shape index (κ3) is 1.26. The Morgan fingerprint density at radius 3 is 2.85 bits per heavy atom. The van der Waals surface area contributed by atoms with Crippen LogP contribution in [0.2, 0.25) is 0 Å². The van der Waals surface area contributed by atoms with Crippen LogP contribution < -0.4 is 0 Å². The maximum absolute atomic E-state index is 13.2. The zero-order valence-corrected chi connectivity index (χ0v) is 8.34. The van der Waals surface area contributed by atoms with Crippen LogP contribution in [0, 0.1) is 0 Å². The second-order valence-electron chi connectivity index (χ2n) is 3.89. The second-order valence-corrected chi connectivity index (χ2v) is 3.89. The van der Waals surface area contributed by atoms with Crippen molar-refractivity contribution in [1.82, 2.24) is 4.90 Å². The van der Waals surface area contributed by atoms with Crippen LogP contribution in [0.5, 0.6) is 0 Å². The van der Waals surface area contributed by atoms with Crippen LogP contribution in [0.4, 0.5) is 4.39 Å². The van der Waals surface area contributed by atoms with E-state index in [1.807, 2.05) is 11.8 Å². The van der Waals surface area contributed by atoms with E-state index in [1.54, 1.807) is 0 Å². The number of halogens is 1. The van der Waals surface area contributed by atoms with Gasteiger partial charge in [-0.1, -0.05) is 0 Å².